The van der Waals surface area contributed by atoms with Crippen LogP contribution in [-0.4, -0.2) is 43.8 Å². The van der Waals surface area contributed by atoms with E-state index in [0.717, 1.165) is 5.56 Å². The zero-order valence-corrected chi connectivity index (χ0v) is 21.0. The van der Waals surface area contributed by atoms with Gasteiger partial charge < -0.3 is 30.2 Å². The highest BCUT2D eigenvalue weighted by Crippen LogP contribution is 2.28. The highest BCUT2D eigenvalue weighted by Gasteiger charge is 2.16. The second kappa shape index (κ2) is 13.2. The molecule has 0 saturated heterocycles. The third-order valence-corrected chi connectivity index (χ3v) is 4.64. The molecule has 2 aromatic rings. The van der Waals surface area contributed by atoms with Gasteiger partial charge in [-0.3, -0.25) is 9.59 Å². The van der Waals surface area contributed by atoms with Crippen LogP contribution < -0.4 is 25.4 Å². The van der Waals surface area contributed by atoms with Crippen molar-refractivity contribution in [2.75, 3.05) is 30.9 Å². The van der Waals surface area contributed by atoms with Crippen LogP contribution in [0.25, 0.3) is 0 Å². The third kappa shape index (κ3) is 10.4. The van der Waals surface area contributed by atoms with Crippen LogP contribution in [0.4, 0.5) is 16.2 Å². The summed E-state index contributed by atoms with van der Waals surface area (Å²) in [5, 5.41) is 8.14. The van der Waals surface area contributed by atoms with Crippen LogP contribution in [0.2, 0.25) is 0 Å². The molecule has 2 aromatic carbocycles. The Balaban J connectivity index is 1.75. The number of alkyl carbamates (subject to hydrolysis) is 1. The predicted molar refractivity (Wildman–Crippen MR) is 135 cm³/mol. The van der Waals surface area contributed by atoms with Gasteiger partial charge in [-0.05, 0) is 76.1 Å². The Bertz CT molecular complexity index is 999. The van der Waals surface area contributed by atoms with Crippen molar-refractivity contribution in [2.45, 2.75) is 52.6 Å². The number of rotatable bonds is 11. The van der Waals surface area contributed by atoms with Gasteiger partial charge in [-0.2, -0.15) is 0 Å². The van der Waals surface area contributed by atoms with Gasteiger partial charge in [0.1, 0.15) is 5.60 Å². The molecule has 2 rings (SSSR count). The molecule has 0 saturated carbocycles. The number of amides is 3. The van der Waals surface area contributed by atoms with Crippen molar-refractivity contribution in [3.05, 3.63) is 48.0 Å². The lowest BCUT2D eigenvalue weighted by Crippen LogP contribution is -2.34. The molecule has 0 aromatic heterocycles. The van der Waals surface area contributed by atoms with E-state index < -0.39 is 11.7 Å². The number of carbonyl (C=O) groups excluding carboxylic acids is 3. The molecule has 0 fully saturated rings. The minimum absolute atomic E-state index is 0.105. The minimum Gasteiger partial charge on any atom is -0.493 e. The Morgan fingerprint density at radius 1 is 0.857 bits per heavy atom. The molecule has 9 nitrogen and oxygen atoms in total. The van der Waals surface area contributed by atoms with Crippen LogP contribution in [0.3, 0.4) is 0 Å². The summed E-state index contributed by atoms with van der Waals surface area (Å²) in [6.45, 7) is 7.92. The molecule has 0 aliphatic rings. The SMILES string of the molecule is CCOc1ccc(CCC(=O)Nc2ccc(NC(=O)CCNC(=O)OC(C)(C)C)cc2)cc1OC. The molecule has 35 heavy (non-hydrogen) atoms. The molecule has 0 unspecified atom stereocenters. The maximum Gasteiger partial charge on any atom is 0.407 e. The van der Waals surface area contributed by atoms with E-state index in [4.69, 9.17) is 14.2 Å². The first-order valence-corrected chi connectivity index (χ1v) is 11.6. The normalized spacial score (nSPS) is 10.8. The van der Waals surface area contributed by atoms with Crippen molar-refractivity contribution < 1.29 is 28.6 Å². The summed E-state index contributed by atoms with van der Waals surface area (Å²) in [7, 11) is 1.58. The lowest BCUT2D eigenvalue weighted by molar-refractivity contribution is -0.117. The van der Waals surface area contributed by atoms with Crippen LogP contribution in [-0.2, 0) is 20.7 Å². The van der Waals surface area contributed by atoms with Crippen molar-refractivity contribution in [3.63, 3.8) is 0 Å². The summed E-state index contributed by atoms with van der Waals surface area (Å²) >= 11 is 0. The molecule has 0 radical (unpaired) electrons. The van der Waals surface area contributed by atoms with Crippen LogP contribution in [0.15, 0.2) is 42.5 Å². The number of benzene rings is 2. The second-order valence-electron chi connectivity index (χ2n) is 8.77. The van der Waals surface area contributed by atoms with E-state index in [1.807, 2.05) is 25.1 Å². The summed E-state index contributed by atoms with van der Waals surface area (Å²) in [6.07, 6.45) is 0.404. The Hall–Kier alpha value is -3.75. The fourth-order valence-corrected chi connectivity index (χ4v) is 3.08. The number of ether oxygens (including phenoxy) is 3. The van der Waals surface area contributed by atoms with Crippen LogP contribution in [0.1, 0.15) is 46.1 Å². The average molecular weight is 486 g/mol. The number of aryl methyl sites for hydroxylation is 1. The Labute approximate surface area is 206 Å². The van der Waals surface area contributed by atoms with E-state index in [-0.39, 0.29) is 24.8 Å². The predicted octanol–water partition coefficient (Wildman–Crippen LogP) is 4.52. The molecule has 3 N–H and O–H groups in total. The van der Waals surface area contributed by atoms with Crippen LogP contribution in [0, 0.1) is 0 Å². The largest absolute Gasteiger partial charge is 0.493 e. The van der Waals surface area contributed by atoms with Crippen molar-refractivity contribution in [2.24, 2.45) is 0 Å². The number of anilines is 2. The van der Waals surface area contributed by atoms with Gasteiger partial charge in [0.05, 0.1) is 13.7 Å². The van der Waals surface area contributed by atoms with E-state index in [0.29, 0.717) is 42.3 Å². The molecule has 190 valence electrons. The monoisotopic (exact) mass is 485 g/mol. The van der Waals surface area contributed by atoms with E-state index in [9.17, 15) is 14.4 Å². The minimum atomic E-state index is -0.591. The smallest absolute Gasteiger partial charge is 0.407 e. The lowest BCUT2D eigenvalue weighted by atomic mass is 10.1. The van der Waals surface area contributed by atoms with Gasteiger partial charge in [0.15, 0.2) is 11.5 Å². The van der Waals surface area contributed by atoms with Gasteiger partial charge in [-0.1, -0.05) is 6.07 Å². The molecule has 0 spiro atoms. The number of carbonyl (C=O) groups is 3. The average Bonchev–Trinajstić information content (AvgIpc) is 2.78. The number of hydrogen-bond acceptors (Lipinski definition) is 6. The topological polar surface area (TPSA) is 115 Å². The molecule has 0 heterocycles. The quantitative estimate of drug-likeness (QED) is 0.431. The summed E-state index contributed by atoms with van der Waals surface area (Å²) in [4.78, 5) is 36.0. The Morgan fingerprint density at radius 3 is 2.00 bits per heavy atom. The highest BCUT2D eigenvalue weighted by atomic mass is 16.6. The third-order valence-electron chi connectivity index (χ3n) is 4.64. The van der Waals surface area contributed by atoms with E-state index in [1.54, 1.807) is 52.1 Å². The highest BCUT2D eigenvalue weighted by molar-refractivity contribution is 5.93. The van der Waals surface area contributed by atoms with Gasteiger partial charge >= 0.3 is 6.09 Å². The standard InChI is InChI=1S/C26H35N3O6/c1-6-34-21-13-7-18(17-22(21)33-5)8-14-23(30)28-19-9-11-20(12-10-19)29-24(31)15-16-27-25(32)35-26(2,3)4/h7,9-13,17H,6,8,14-16H2,1-5H3,(H,27,32)(H,28,30)(H,29,31). The number of nitrogens with one attached hydrogen (secondary N) is 3. The fourth-order valence-electron chi connectivity index (χ4n) is 3.08. The van der Waals surface area contributed by atoms with Gasteiger partial charge in [-0.25, -0.2) is 4.79 Å². The zero-order chi connectivity index (χ0) is 25.8. The Morgan fingerprint density at radius 2 is 1.46 bits per heavy atom. The van der Waals surface area contributed by atoms with Crippen molar-refractivity contribution in [1.82, 2.24) is 5.32 Å². The first kappa shape index (κ1) is 27.5. The van der Waals surface area contributed by atoms with Gasteiger partial charge in [-0.15, -0.1) is 0 Å². The zero-order valence-electron chi connectivity index (χ0n) is 21.0. The fraction of sp³-hybridized carbons (Fsp3) is 0.423. The van der Waals surface area contributed by atoms with Crippen molar-refractivity contribution in [3.8, 4) is 11.5 Å². The maximum absolute atomic E-state index is 12.4. The first-order valence-electron chi connectivity index (χ1n) is 11.6. The molecule has 9 heteroatoms. The lowest BCUT2D eigenvalue weighted by Gasteiger charge is -2.19. The molecule has 0 atom stereocenters. The molecular weight excluding hydrogens is 450 g/mol. The molecule has 3 amide bonds. The second-order valence-corrected chi connectivity index (χ2v) is 8.77. The van der Waals surface area contributed by atoms with Gasteiger partial charge in [0, 0.05) is 30.8 Å². The van der Waals surface area contributed by atoms with Crippen LogP contribution in [0.5, 0.6) is 11.5 Å². The van der Waals surface area contributed by atoms with Crippen LogP contribution >= 0.6 is 0 Å². The summed E-state index contributed by atoms with van der Waals surface area (Å²) < 4.78 is 16.0. The molecule has 0 aliphatic heterocycles. The molecule has 0 bridgehead atoms. The maximum atomic E-state index is 12.4. The molecular formula is C26H35N3O6. The van der Waals surface area contributed by atoms with Gasteiger partial charge in [0.2, 0.25) is 11.8 Å². The van der Waals surface area contributed by atoms with E-state index in [2.05, 4.69) is 16.0 Å². The summed E-state index contributed by atoms with van der Waals surface area (Å²) in [6, 6.07) is 12.5. The van der Waals surface area contributed by atoms with E-state index in [1.165, 1.54) is 0 Å². The van der Waals surface area contributed by atoms with E-state index >= 15 is 0 Å². The van der Waals surface area contributed by atoms with Crippen molar-refractivity contribution >= 4 is 29.3 Å². The number of methoxy groups -OCH3 is 1. The van der Waals surface area contributed by atoms with Crippen molar-refractivity contribution in [1.29, 1.82) is 0 Å². The summed E-state index contributed by atoms with van der Waals surface area (Å²) in [5.41, 5.74) is 1.60. The Kier molecular flexibility index (Phi) is 10.4. The number of hydrogen-bond donors (Lipinski definition) is 3. The summed E-state index contributed by atoms with van der Waals surface area (Å²) in [5.74, 6) is 0.948. The first-order chi connectivity index (χ1) is 16.6. The molecule has 0 aliphatic carbocycles. The van der Waals surface area contributed by atoms with Gasteiger partial charge in [0.25, 0.3) is 0 Å².